The maximum absolute atomic E-state index is 12.2. The molecule has 1 heterocycles. The molecule has 0 radical (unpaired) electrons. The van der Waals surface area contributed by atoms with Crippen molar-refractivity contribution in [2.24, 2.45) is 10.9 Å². The Kier molecular flexibility index (Phi) is 3.78. The van der Waals surface area contributed by atoms with Crippen molar-refractivity contribution in [2.45, 2.75) is 44.6 Å². The highest BCUT2D eigenvalue weighted by Crippen LogP contribution is 2.29. The lowest BCUT2D eigenvalue weighted by atomic mass is 9.80. The van der Waals surface area contributed by atoms with Crippen LogP contribution in [0.2, 0.25) is 0 Å². The molecule has 104 valence electrons. The first kappa shape index (κ1) is 13.5. The van der Waals surface area contributed by atoms with Gasteiger partial charge < -0.3 is 20.7 Å². The summed E-state index contributed by atoms with van der Waals surface area (Å²) in [5, 5.41) is 14.9. The van der Waals surface area contributed by atoms with Gasteiger partial charge in [-0.2, -0.15) is 0 Å². The van der Waals surface area contributed by atoms with E-state index in [0.717, 1.165) is 19.3 Å². The van der Waals surface area contributed by atoms with Crippen molar-refractivity contribution in [3.05, 3.63) is 23.7 Å². The van der Waals surface area contributed by atoms with Gasteiger partial charge >= 0.3 is 0 Å². The first-order chi connectivity index (χ1) is 9.07. The standard InChI is InChI=1S/C13H19N3O3/c1-9-5-6-10(19-9)11(17)15-13(12(14)16-18)7-3-2-4-8-13/h5-6,18H,2-4,7-8H2,1H3,(H2,14,16)(H,15,17). The SMILES string of the molecule is Cc1ccc(C(=O)NC2(/C(N)=N/O)CCCCC2)o1. The number of aryl methyl sites for hydroxylation is 1. The van der Waals surface area contributed by atoms with Crippen LogP contribution in [0.4, 0.5) is 0 Å². The van der Waals surface area contributed by atoms with Crippen LogP contribution in [0.1, 0.15) is 48.4 Å². The highest BCUT2D eigenvalue weighted by molar-refractivity contribution is 5.98. The minimum absolute atomic E-state index is 0.0591. The number of amidine groups is 1. The predicted molar refractivity (Wildman–Crippen MR) is 70.1 cm³/mol. The molecule has 0 aromatic carbocycles. The lowest BCUT2D eigenvalue weighted by Gasteiger charge is -2.36. The largest absolute Gasteiger partial charge is 0.456 e. The Labute approximate surface area is 111 Å². The summed E-state index contributed by atoms with van der Waals surface area (Å²) >= 11 is 0. The van der Waals surface area contributed by atoms with Crippen LogP contribution in [0.3, 0.4) is 0 Å². The van der Waals surface area contributed by atoms with Crippen LogP contribution in [-0.4, -0.2) is 22.5 Å². The lowest BCUT2D eigenvalue weighted by molar-refractivity contribution is 0.0876. The summed E-state index contributed by atoms with van der Waals surface area (Å²) in [6.45, 7) is 1.77. The van der Waals surface area contributed by atoms with Gasteiger partial charge in [-0.15, -0.1) is 0 Å². The third-order valence-electron chi connectivity index (χ3n) is 3.62. The van der Waals surface area contributed by atoms with Crippen molar-refractivity contribution >= 4 is 11.7 Å². The molecule has 1 aromatic rings. The van der Waals surface area contributed by atoms with E-state index in [9.17, 15) is 4.79 Å². The average Bonchev–Trinajstić information content (AvgIpc) is 2.85. The second-order valence-corrected chi connectivity index (χ2v) is 4.99. The van der Waals surface area contributed by atoms with Gasteiger partial charge in [-0.3, -0.25) is 4.79 Å². The molecule has 0 spiro atoms. The van der Waals surface area contributed by atoms with Gasteiger partial charge in [-0.25, -0.2) is 0 Å². The molecule has 6 heteroatoms. The van der Waals surface area contributed by atoms with Gasteiger partial charge in [0.15, 0.2) is 11.6 Å². The van der Waals surface area contributed by atoms with Gasteiger partial charge in [0.25, 0.3) is 5.91 Å². The van der Waals surface area contributed by atoms with Crippen LogP contribution < -0.4 is 11.1 Å². The van der Waals surface area contributed by atoms with Crippen LogP contribution in [0, 0.1) is 6.92 Å². The Balaban J connectivity index is 2.19. The Morgan fingerprint density at radius 1 is 1.42 bits per heavy atom. The molecular weight excluding hydrogens is 246 g/mol. The van der Waals surface area contributed by atoms with Crippen LogP contribution in [0.15, 0.2) is 21.7 Å². The maximum Gasteiger partial charge on any atom is 0.287 e. The molecule has 1 aliphatic rings. The van der Waals surface area contributed by atoms with Crippen LogP contribution >= 0.6 is 0 Å². The summed E-state index contributed by atoms with van der Waals surface area (Å²) in [6.07, 6.45) is 4.32. The molecule has 2 rings (SSSR count). The number of furan rings is 1. The minimum atomic E-state index is -0.759. The zero-order chi connectivity index (χ0) is 13.9. The van der Waals surface area contributed by atoms with E-state index in [0.29, 0.717) is 18.6 Å². The van der Waals surface area contributed by atoms with Crippen LogP contribution in [0.25, 0.3) is 0 Å². The molecule has 1 aliphatic carbocycles. The van der Waals surface area contributed by atoms with Gasteiger partial charge in [0, 0.05) is 0 Å². The van der Waals surface area contributed by atoms with Gasteiger partial charge in [0.1, 0.15) is 11.3 Å². The number of hydrogen-bond donors (Lipinski definition) is 3. The van der Waals surface area contributed by atoms with Crippen LogP contribution in [-0.2, 0) is 0 Å². The molecule has 0 aliphatic heterocycles. The molecule has 1 saturated carbocycles. The summed E-state index contributed by atoms with van der Waals surface area (Å²) in [5.74, 6) is 0.644. The molecule has 4 N–H and O–H groups in total. The van der Waals surface area contributed by atoms with E-state index in [-0.39, 0.29) is 17.5 Å². The van der Waals surface area contributed by atoms with Crippen molar-refractivity contribution in [1.29, 1.82) is 0 Å². The second-order valence-electron chi connectivity index (χ2n) is 4.99. The van der Waals surface area contributed by atoms with E-state index in [1.165, 1.54) is 0 Å². The van der Waals surface area contributed by atoms with Crippen molar-refractivity contribution < 1.29 is 14.4 Å². The fourth-order valence-corrected chi connectivity index (χ4v) is 2.53. The molecule has 1 fully saturated rings. The number of carbonyl (C=O) groups is 1. The predicted octanol–water partition coefficient (Wildman–Crippen LogP) is 1.77. The van der Waals surface area contributed by atoms with E-state index in [1.54, 1.807) is 19.1 Å². The van der Waals surface area contributed by atoms with Gasteiger partial charge in [-0.05, 0) is 31.9 Å². The van der Waals surface area contributed by atoms with Crippen molar-refractivity contribution in [3.8, 4) is 0 Å². The number of nitrogens with one attached hydrogen (secondary N) is 1. The number of carbonyl (C=O) groups excluding carboxylic acids is 1. The molecule has 0 saturated heterocycles. The Bertz CT molecular complexity index is 487. The van der Waals surface area contributed by atoms with E-state index < -0.39 is 5.54 Å². The first-order valence-corrected chi connectivity index (χ1v) is 6.44. The summed E-state index contributed by atoms with van der Waals surface area (Å²) in [5.41, 5.74) is 5.01. The molecule has 1 amide bonds. The quantitative estimate of drug-likeness (QED) is 0.335. The van der Waals surface area contributed by atoms with E-state index in [2.05, 4.69) is 10.5 Å². The number of nitrogens with two attached hydrogens (primary N) is 1. The number of amides is 1. The highest BCUT2D eigenvalue weighted by Gasteiger charge is 2.38. The monoisotopic (exact) mass is 265 g/mol. The molecule has 0 bridgehead atoms. The smallest absolute Gasteiger partial charge is 0.287 e. The van der Waals surface area contributed by atoms with Crippen LogP contribution in [0.5, 0.6) is 0 Å². The molecule has 6 nitrogen and oxygen atoms in total. The Morgan fingerprint density at radius 3 is 2.63 bits per heavy atom. The van der Waals surface area contributed by atoms with Gasteiger partial charge in [0.2, 0.25) is 0 Å². The number of oxime groups is 1. The Morgan fingerprint density at radius 2 is 2.11 bits per heavy atom. The minimum Gasteiger partial charge on any atom is -0.456 e. The summed E-state index contributed by atoms with van der Waals surface area (Å²) in [4.78, 5) is 12.2. The highest BCUT2D eigenvalue weighted by atomic mass is 16.4. The average molecular weight is 265 g/mol. The molecule has 0 unspecified atom stereocenters. The number of nitrogens with zero attached hydrogens (tertiary/aromatic N) is 1. The van der Waals surface area contributed by atoms with Crippen molar-refractivity contribution in [2.75, 3.05) is 0 Å². The van der Waals surface area contributed by atoms with Gasteiger partial charge in [0.05, 0.1) is 0 Å². The molecule has 19 heavy (non-hydrogen) atoms. The fraction of sp³-hybridized carbons (Fsp3) is 0.538. The summed E-state index contributed by atoms with van der Waals surface area (Å²) in [7, 11) is 0. The molecule has 0 atom stereocenters. The maximum atomic E-state index is 12.2. The van der Waals surface area contributed by atoms with Gasteiger partial charge in [-0.1, -0.05) is 24.4 Å². The van der Waals surface area contributed by atoms with Crippen molar-refractivity contribution in [1.82, 2.24) is 5.32 Å². The van der Waals surface area contributed by atoms with E-state index >= 15 is 0 Å². The zero-order valence-corrected chi connectivity index (χ0v) is 11.0. The Hall–Kier alpha value is -1.98. The zero-order valence-electron chi connectivity index (χ0n) is 11.0. The summed E-state index contributed by atoms with van der Waals surface area (Å²) in [6, 6.07) is 3.35. The topological polar surface area (TPSA) is 101 Å². The molecule has 1 aromatic heterocycles. The second kappa shape index (κ2) is 5.34. The van der Waals surface area contributed by atoms with E-state index in [4.69, 9.17) is 15.4 Å². The van der Waals surface area contributed by atoms with Crippen molar-refractivity contribution in [3.63, 3.8) is 0 Å². The molecular formula is C13H19N3O3. The summed E-state index contributed by atoms with van der Waals surface area (Å²) < 4.78 is 5.29. The third kappa shape index (κ3) is 2.72. The normalized spacial score (nSPS) is 19.1. The number of rotatable bonds is 3. The number of hydrogen-bond acceptors (Lipinski definition) is 4. The first-order valence-electron chi connectivity index (χ1n) is 6.44. The lowest BCUT2D eigenvalue weighted by Crippen LogP contribution is -2.58. The van der Waals surface area contributed by atoms with E-state index in [1.807, 2.05) is 0 Å². The third-order valence-corrected chi connectivity index (χ3v) is 3.62. The fourth-order valence-electron chi connectivity index (χ4n) is 2.53.